The number of nitrogens with two attached hydrogens (primary N) is 1. The summed E-state index contributed by atoms with van der Waals surface area (Å²) in [6, 6.07) is 14.7. The van der Waals surface area contributed by atoms with Gasteiger partial charge in [-0.05, 0) is 17.7 Å². The molecule has 192 valence electrons. The van der Waals surface area contributed by atoms with Crippen molar-refractivity contribution in [3.8, 4) is 11.3 Å². The fraction of sp³-hybridized carbons (Fsp3) is 0.185. The fourth-order valence-corrected chi connectivity index (χ4v) is 4.31. The van der Waals surface area contributed by atoms with Crippen LogP contribution in [0.4, 0.5) is 5.82 Å². The van der Waals surface area contributed by atoms with Crippen LogP contribution in [-0.2, 0) is 14.3 Å². The molecule has 1 saturated heterocycles. The number of aromatic nitrogens is 4. The maximum absolute atomic E-state index is 13.6. The van der Waals surface area contributed by atoms with Gasteiger partial charge in [-0.2, -0.15) is 4.98 Å². The summed E-state index contributed by atoms with van der Waals surface area (Å²) < 4.78 is 7.37. The highest BCUT2D eigenvalue weighted by Crippen LogP contribution is 2.26. The molecule has 1 aliphatic rings. The van der Waals surface area contributed by atoms with Crippen molar-refractivity contribution in [3.05, 3.63) is 90.7 Å². The third kappa shape index (κ3) is 5.00. The van der Waals surface area contributed by atoms with E-state index in [0.717, 1.165) is 23.0 Å². The van der Waals surface area contributed by atoms with Gasteiger partial charge in [0.05, 0.1) is 30.5 Å². The number of hydrogen-bond donors (Lipinski definition) is 2. The highest BCUT2D eigenvalue weighted by molar-refractivity contribution is 6.53. The smallest absolute Gasteiger partial charge is 0.275 e. The van der Waals surface area contributed by atoms with E-state index in [1.807, 2.05) is 42.6 Å². The van der Waals surface area contributed by atoms with Crippen LogP contribution in [0.5, 0.6) is 0 Å². The number of imidazole rings is 1. The molecule has 1 unspecified atom stereocenters. The number of fused-ring (bicyclic) bond motifs is 1. The maximum atomic E-state index is 13.6. The van der Waals surface area contributed by atoms with Crippen LogP contribution in [0.15, 0.2) is 90.1 Å². The molecule has 4 aromatic rings. The van der Waals surface area contributed by atoms with Gasteiger partial charge in [0.25, 0.3) is 11.8 Å². The number of carbonyl (C=O) groups is 2. The second-order valence-corrected chi connectivity index (χ2v) is 8.49. The van der Waals surface area contributed by atoms with Crippen molar-refractivity contribution in [2.24, 2.45) is 10.7 Å². The van der Waals surface area contributed by atoms with E-state index in [0.29, 0.717) is 25.5 Å². The molecule has 11 heteroatoms. The summed E-state index contributed by atoms with van der Waals surface area (Å²) in [6.45, 7) is 1.000. The minimum absolute atomic E-state index is 0.0194. The predicted octanol–water partition coefficient (Wildman–Crippen LogP) is 2.24. The minimum Gasteiger partial charge on any atom is -0.404 e. The topological polar surface area (TPSA) is 140 Å². The van der Waals surface area contributed by atoms with E-state index in [1.54, 1.807) is 40.0 Å². The van der Waals surface area contributed by atoms with Gasteiger partial charge in [0.1, 0.15) is 11.5 Å². The van der Waals surface area contributed by atoms with Crippen LogP contribution in [0, 0.1) is 0 Å². The van der Waals surface area contributed by atoms with Crippen molar-refractivity contribution >= 4 is 29.1 Å². The summed E-state index contributed by atoms with van der Waals surface area (Å²) in [6.07, 6.45) is 8.06. The van der Waals surface area contributed by atoms with Gasteiger partial charge in [-0.1, -0.05) is 36.4 Å². The molecule has 1 aliphatic heterocycles. The van der Waals surface area contributed by atoms with Gasteiger partial charge in [-0.15, -0.1) is 0 Å². The molecule has 11 nitrogen and oxygen atoms in total. The van der Waals surface area contributed by atoms with E-state index in [9.17, 15) is 9.59 Å². The lowest BCUT2D eigenvalue weighted by Crippen LogP contribution is -2.46. The third-order valence-corrected chi connectivity index (χ3v) is 6.19. The van der Waals surface area contributed by atoms with Gasteiger partial charge in [0, 0.05) is 50.1 Å². The van der Waals surface area contributed by atoms with Crippen LogP contribution in [0.3, 0.4) is 0 Å². The van der Waals surface area contributed by atoms with Crippen molar-refractivity contribution in [2.75, 3.05) is 32.1 Å². The lowest BCUT2D eigenvalue weighted by molar-refractivity contribution is -0.135. The van der Waals surface area contributed by atoms with E-state index in [-0.39, 0.29) is 23.1 Å². The van der Waals surface area contributed by atoms with Crippen molar-refractivity contribution in [3.63, 3.8) is 0 Å². The Morgan fingerprint density at radius 1 is 1.16 bits per heavy atom. The molecule has 3 aromatic heterocycles. The number of rotatable bonds is 6. The molecule has 1 atom stereocenters. The summed E-state index contributed by atoms with van der Waals surface area (Å²) in [5.74, 6) is -0.368. The number of hydrogen-bond acceptors (Lipinski definition) is 8. The molecule has 2 amide bonds. The normalized spacial score (nSPS) is 16.4. The summed E-state index contributed by atoms with van der Waals surface area (Å²) in [5.41, 5.74) is 8.26. The van der Waals surface area contributed by atoms with Gasteiger partial charge in [-0.3, -0.25) is 24.0 Å². The monoisotopic (exact) mass is 510 g/mol. The minimum atomic E-state index is -0.615. The predicted molar refractivity (Wildman–Crippen MR) is 142 cm³/mol. The summed E-state index contributed by atoms with van der Waals surface area (Å²) in [7, 11) is 1.43. The molecule has 38 heavy (non-hydrogen) atoms. The van der Waals surface area contributed by atoms with E-state index in [4.69, 9.17) is 10.5 Å². The zero-order valence-corrected chi connectivity index (χ0v) is 20.7. The lowest BCUT2D eigenvalue weighted by atomic mass is 10.0. The number of nitrogens with zero attached hydrogens (tertiary/aromatic N) is 6. The first kappa shape index (κ1) is 24.8. The Balaban J connectivity index is 1.35. The van der Waals surface area contributed by atoms with E-state index < -0.39 is 11.8 Å². The van der Waals surface area contributed by atoms with Crippen molar-refractivity contribution in [1.29, 1.82) is 0 Å². The molecule has 1 fully saturated rings. The van der Waals surface area contributed by atoms with Gasteiger partial charge in [-0.25, -0.2) is 4.98 Å². The van der Waals surface area contributed by atoms with E-state index >= 15 is 0 Å². The number of amides is 2. The summed E-state index contributed by atoms with van der Waals surface area (Å²) in [5, 5.41) is 2.71. The highest BCUT2D eigenvalue weighted by Gasteiger charge is 2.33. The quantitative estimate of drug-likeness (QED) is 0.299. The Morgan fingerprint density at radius 2 is 2.00 bits per heavy atom. The Bertz CT molecular complexity index is 1520. The number of carbonyl (C=O) groups excluding carboxylic acids is 2. The molecule has 4 heterocycles. The zero-order valence-electron chi connectivity index (χ0n) is 20.7. The second kappa shape index (κ2) is 11.0. The molecular weight excluding hydrogens is 484 g/mol. The molecule has 1 aromatic carbocycles. The van der Waals surface area contributed by atoms with E-state index in [1.165, 1.54) is 7.05 Å². The van der Waals surface area contributed by atoms with Crippen LogP contribution in [0.1, 0.15) is 11.6 Å². The maximum Gasteiger partial charge on any atom is 0.275 e. The van der Waals surface area contributed by atoms with Crippen LogP contribution in [0.2, 0.25) is 0 Å². The Labute approximate surface area is 218 Å². The number of morpholine rings is 1. The molecule has 5 rings (SSSR count). The molecular formula is C27H26N8O3. The standard InChI is InChI=1S/C27H26N8O3/c1-29-24(20(14-28)26(37)35-12-13-38-17-22(35)19-8-5-10-30-15-19)25(36)32-23-9-11-34-16-21(31-27(34)33-23)18-6-3-2-4-7-18/h2-11,14-16,22H,12-13,17,28H2,1H3,(H,31,32,33,36). The van der Waals surface area contributed by atoms with Gasteiger partial charge >= 0.3 is 0 Å². The van der Waals surface area contributed by atoms with Gasteiger partial charge in [0.2, 0.25) is 5.78 Å². The highest BCUT2D eigenvalue weighted by atomic mass is 16.5. The SMILES string of the molecule is CN=C(C(=O)Nc1ccn2cc(-c3ccccc3)nc2n1)C(=CN)C(=O)N1CCOCC1c1cccnc1. The number of aliphatic imine (C=N–C) groups is 1. The van der Waals surface area contributed by atoms with E-state index in [2.05, 4.69) is 25.3 Å². The number of ether oxygens (including phenoxy) is 1. The summed E-state index contributed by atoms with van der Waals surface area (Å²) >= 11 is 0. The first-order chi connectivity index (χ1) is 18.6. The Kier molecular flexibility index (Phi) is 7.18. The van der Waals surface area contributed by atoms with Crippen LogP contribution < -0.4 is 11.1 Å². The molecule has 0 radical (unpaired) electrons. The summed E-state index contributed by atoms with van der Waals surface area (Å²) in [4.78, 5) is 45.7. The molecule has 3 N–H and O–H groups in total. The zero-order chi connectivity index (χ0) is 26.5. The number of nitrogens with one attached hydrogen (secondary N) is 1. The first-order valence-electron chi connectivity index (χ1n) is 12.0. The molecule has 0 aliphatic carbocycles. The van der Waals surface area contributed by atoms with Gasteiger partial charge in [0.15, 0.2) is 0 Å². The number of benzene rings is 1. The average Bonchev–Trinajstić information content (AvgIpc) is 3.40. The lowest BCUT2D eigenvalue weighted by Gasteiger charge is -2.36. The number of pyridine rings is 1. The first-order valence-corrected chi connectivity index (χ1v) is 12.0. The number of anilines is 1. The average molecular weight is 511 g/mol. The van der Waals surface area contributed by atoms with Gasteiger partial charge < -0.3 is 20.7 Å². The molecule has 0 saturated carbocycles. The fourth-order valence-electron chi connectivity index (χ4n) is 4.31. The van der Waals surface area contributed by atoms with Crippen molar-refractivity contribution in [1.82, 2.24) is 24.3 Å². The van der Waals surface area contributed by atoms with Crippen molar-refractivity contribution < 1.29 is 14.3 Å². The molecule has 0 bridgehead atoms. The van der Waals surface area contributed by atoms with Crippen LogP contribution >= 0.6 is 0 Å². The second-order valence-electron chi connectivity index (χ2n) is 8.49. The van der Waals surface area contributed by atoms with Crippen molar-refractivity contribution in [2.45, 2.75) is 6.04 Å². The third-order valence-electron chi connectivity index (χ3n) is 6.19. The van der Waals surface area contributed by atoms with Crippen LogP contribution in [0.25, 0.3) is 17.0 Å². The largest absolute Gasteiger partial charge is 0.404 e. The molecule has 0 spiro atoms. The Hall–Kier alpha value is -4.90. The van der Waals surface area contributed by atoms with Crippen LogP contribution in [-0.4, -0.2) is 68.6 Å². The Morgan fingerprint density at radius 3 is 2.74 bits per heavy atom.